The summed E-state index contributed by atoms with van der Waals surface area (Å²) in [7, 11) is 0. The Morgan fingerprint density at radius 3 is 2.80 bits per heavy atom. The maximum absolute atomic E-state index is 12.7. The van der Waals surface area contributed by atoms with Crippen molar-refractivity contribution in [2.75, 3.05) is 5.32 Å². The molecule has 1 N–H and O–H groups in total. The number of aryl methyl sites for hydroxylation is 1. The molecule has 3 heterocycles. The van der Waals surface area contributed by atoms with Crippen LogP contribution in [-0.2, 0) is 6.54 Å². The van der Waals surface area contributed by atoms with Gasteiger partial charge in [0, 0.05) is 13.1 Å². The minimum Gasteiger partial charge on any atom is -0.433 e. The summed E-state index contributed by atoms with van der Waals surface area (Å²) < 4.78 is 31.5. The molecule has 3 aromatic rings. The number of amides is 1. The maximum Gasteiger partial charge on any atom is 0.268 e. The van der Waals surface area contributed by atoms with Crippen molar-refractivity contribution in [1.29, 1.82) is 5.26 Å². The van der Waals surface area contributed by atoms with Gasteiger partial charge in [-0.2, -0.15) is 5.26 Å². The molecule has 1 amide bonds. The standard InChI is InChI=1S/C19H11ClF2N4O3S/c1-10-24-7-14(29-10)3-2-11-5-15(30-17(11)20)18(27)25-13-4-12(6-23)19(28)26(8-13)9-16(21)22/h4-5,7-8,16H,9H2,1H3,(H,25,27). The molecule has 0 unspecified atom stereocenters. The van der Waals surface area contributed by atoms with Gasteiger partial charge in [0.2, 0.25) is 0 Å². The molecule has 0 fully saturated rings. The zero-order chi connectivity index (χ0) is 21.8. The lowest BCUT2D eigenvalue weighted by Gasteiger charge is -2.09. The van der Waals surface area contributed by atoms with Gasteiger partial charge in [-0.1, -0.05) is 17.5 Å². The molecule has 3 rings (SSSR count). The lowest BCUT2D eigenvalue weighted by molar-refractivity contribution is 0.103. The zero-order valence-corrected chi connectivity index (χ0v) is 16.8. The highest BCUT2D eigenvalue weighted by atomic mass is 35.5. The maximum atomic E-state index is 12.7. The highest BCUT2D eigenvalue weighted by molar-refractivity contribution is 7.18. The molecule has 30 heavy (non-hydrogen) atoms. The Hall–Kier alpha value is -3.47. The van der Waals surface area contributed by atoms with Crippen molar-refractivity contribution >= 4 is 34.5 Å². The van der Waals surface area contributed by atoms with E-state index in [2.05, 4.69) is 22.1 Å². The monoisotopic (exact) mass is 448 g/mol. The molecule has 11 heteroatoms. The van der Waals surface area contributed by atoms with Crippen LogP contribution in [0.3, 0.4) is 0 Å². The van der Waals surface area contributed by atoms with Crippen molar-refractivity contribution in [3.8, 4) is 17.9 Å². The van der Waals surface area contributed by atoms with Crippen LogP contribution in [0.25, 0.3) is 0 Å². The molecule has 0 aromatic carbocycles. The van der Waals surface area contributed by atoms with E-state index in [1.54, 1.807) is 13.0 Å². The van der Waals surface area contributed by atoms with E-state index in [-0.39, 0.29) is 20.5 Å². The number of nitriles is 1. The van der Waals surface area contributed by atoms with E-state index in [1.165, 1.54) is 12.3 Å². The van der Waals surface area contributed by atoms with Crippen molar-refractivity contribution < 1.29 is 18.0 Å². The first-order valence-corrected chi connectivity index (χ1v) is 9.44. The lowest BCUT2D eigenvalue weighted by atomic mass is 10.2. The Balaban J connectivity index is 1.84. The van der Waals surface area contributed by atoms with Crippen LogP contribution < -0.4 is 10.9 Å². The van der Waals surface area contributed by atoms with Gasteiger partial charge in [0.1, 0.15) is 16.0 Å². The molecule has 0 saturated carbocycles. The number of alkyl halides is 2. The quantitative estimate of drug-likeness (QED) is 0.614. The largest absolute Gasteiger partial charge is 0.433 e. The van der Waals surface area contributed by atoms with Crippen LogP contribution in [0.5, 0.6) is 0 Å². The van der Waals surface area contributed by atoms with Crippen LogP contribution in [0.1, 0.15) is 32.4 Å². The van der Waals surface area contributed by atoms with Crippen molar-refractivity contribution in [2.45, 2.75) is 19.9 Å². The molecule has 7 nitrogen and oxygen atoms in total. The van der Waals surface area contributed by atoms with Gasteiger partial charge in [-0.15, -0.1) is 11.3 Å². The molecule has 0 radical (unpaired) electrons. The first-order valence-electron chi connectivity index (χ1n) is 8.24. The van der Waals surface area contributed by atoms with Crippen LogP contribution in [-0.4, -0.2) is 21.9 Å². The number of hydrogen-bond donors (Lipinski definition) is 1. The summed E-state index contributed by atoms with van der Waals surface area (Å²) in [6.07, 6.45) is -0.294. The first kappa shape index (κ1) is 21.2. The minimum absolute atomic E-state index is 0.0195. The van der Waals surface area contributed by atoms with E-state index in [9.17, 15) is 18.4 Å². The van der Waals surface area contributed by atoms with Crippen LogP contribution in [0.4, 0.5) is 14.5 Å². The van der Waals surface area contributed by atoms with Crippen molar-refractivity contribution in [3.63, 3.8) is 0 Å². The van der Waals surface area contributed by atoms with Crippen molar-refractivity contribution in [2.24, 2.45) is 0 Å². The number of carbonyl (C=O) groups is 1. The van der Waals surface area contributed by atoms with E-state index in [0.29, 0.717) is 21.8 Å². The molecule has 3 aromatic heterocycles. The predicted molar refractivity (Wildman–Crippen MR) is 106 cm³/mol. The molecular formula is C19H11ClF2N4O3S. The summed E-state index contributed by atoms with van der Waals surface area (Å²) in [5, 5.41) is 11.5. The van der Waals surface area contributed by atoms with Gasteiger partial charge in [0.05, 0.1) is 28.9 Å². The molecule has 0 aliphatic carbocycles. The molecule has 0 saturated heterocycles. The summed E-state index contributed by atoms with van der Waals surface area (Å²) in [5.41, 5.74) is -0.825. The number of nitrogens with one attached hydrogen (secondary N) is 1. The van der Waals surface area contributed by atoms with Crippen molar-refractivity contribution in [1.82, 2.24) is 9.55 Å². The Kier molecular flexibility index (Phi) is 6.31. The fourth-order valence-electron chi connectivity index (χ4n) is 2.38. The van der Waals surface area contributed by atoms with Crippen LogP contribution >= 0.6 is 22.9 Å². The average Bonchev–Trinajstić information content (AvgIpc) is 3.27. The van der Waals surface area contributed by atoms with Crippen molar-refractivity contribution in [3.05, 3.63) is 66.9 Å². The van der Waals surface area contributed by atoms with Gasteiger partial charge in [-0.05, 0) is 18.1 Å². The SMILES string of the molecule is Cc1ncc(C#Cc2cc(C(=O)Nc3cc(C#N)c(=O)n(CC(F)F)c3)sc2Cl)o1. The number of thiophene rings is 1. The summed E-state index contributed by atoms with van der Waals surface area (Å²) in [6.45, 7) is 0.774. The van der Waals surface area contributed by atoms with Gasteiger partial charge < -0.3 is 14.3 Å². The van der Waals surface area contributed by atoms with Crippen LogP contribution in [0.15, 0.2) is 33.7 Å². The Morgan fingerprint density at radius 1 is 1.40 bits per heavy atom. The van der Waals surface area contributed by atoms with Gasteiger partial charge in [0.15, 0.2) is 11.7 Å². The molecule has 152 valence electrons. The Morgan fingerprint density at radius 2 is 2.17 bits per heavy atom. The number of oxazole rings is 1. The second-order valence-electron chi connectivity index (χ2n) is 5.85. The highest BCUT2D eigenvalue weighted by Gasteiger charge is 2.16. The third-order valence-electron chi connectivity index (χ3n) is 3.65. The summed E-state index contributed by atoms with van der Waals surface area (Å²) in [5.74, 6) is 5.72. The van der Waals surface area contributed by atoms with E-state index < -0.39 is 24.4 Å². The molecule has 0 spiro atoms. The Bertz CT molecular complexity index is 1280. The lowest BCUT2D eigenvalue weighted by Crippen LogP contribution is -2.26. The van der Waals surface area contributed by atoms with E-state index >= 15 is 0 Å². The number of hydrogen-bond acceptors (Lipinski definition) is 6. The normalized spacial score (nSPS) is 10.4. The fraction of sp³-hybridized carbons (Fsp3) is 0.158. The van der Waals surface area contributed by atoms with Gasteiger partial charge >= 0.3 is 0 Å². The third kappa shape index (κ3) is 4.92. The zero-order valence-electron chi connectivity index (χ0n) is 15.2. The number of carbonyl (C=O) groups excluding carboxylic acids is 1. The first-order chi connectivity index (χ1) is 14.3. The Labute approximate surface area is 177 Å². The molecular weight excluding hydrogens is 438 g/mol. The summed E-state index contributed by atoms with van der Waals surface area (Å²) in [6, 6.07) is 4.20. The van der Waals surface area contributed by atoms with Crippen LogP contribution in [0.2, 0.25) is 4.34 Å². The summed E-state index contributed by atoms with van der Waals surface area (Å²) in [4.78, 5) is 28.6. The molecule has 0 bridgehead atoms. The van der Waals surface area contributed by atoms with E-state index in [4.69, 9.17) is 21.3 Å². The minimum atomic E-state index is -2.80. The number of rotatable bonds is 4. The summed E-state index contributed by atoms with van der Waals surface area (Å²) >= 11 is 7.09. The number of aromatic nitrogens is 2. The fourth-order valence-corrected chi connectivity index (χ4v) is 3.46. The highest BCUT2D eigenvalue weighted by Crippen LogP contribution is 2.28. The number of anilines is 1. The number of nitrogens with zero attached hydrogens (tertiary/aromatic N) is 3. The van der Waals surface area contributed by atoms with Gasteiger partial charge in [-0.3, -0.25) is 9.59 Å². The molecule has 0 aliphatic rings. The van der Waals surface area contributed by atoms with Gasteiger partial charge in [0.25, 0.3) is 17.9 Å². The van der Waals surface area contributed by atoms with Crippen LogP contribution in [0, 0.1) is 30.1 Å². The second-order valence-corrected chi connectivity index (χ2v) is 7.50. The van der Waals surface area contributed by atoms with E-state index in [1.807, 2.05) is 0 Å². The third-order valence-corrected chi connectivity index (χ3v) is 5.01. The van der Waals surface area contributed by atoms with Gasteiger partial charge in [-0.25, -0.2) is 13.8 Å². The predicted octanol–water partition coefficient (Wildman–Crippen LogP) is 3.65. The topological polar surface area (TPSA) is 101 Å². The van der Waals surface area contributed by atoms with E-state index in [0.717, 1.165) is 23.6 Å². The number of pyridine rings is 1. The molecule has 0 aliphatic heterocycles. The second kappa shape index (κ2) is 8.91. The smallest absolute Gasteiger partial charge is 0.268 e. The number of halogens is 3. The molecule has 0 atom stereocenters. The average molecular weight is 449 g/mol.